The number of β-amino-alcohol motifs (C(OH)–C–C–N with tert-alkyl or cyclic N) is 1. The van der Waals surface area contributed by atoms with Crippen LogP contribution in [0.3, 0.4) is 0 Å². The summed E-state index contributed by atoms with van der Waals surface area (Å²) in [5.41, 5.74) is 1.34. The Hall–Kier alpha value is -2.60. The third-order valence-electron chi connectivity index (χ3n) is 3.83. The van der Waals surface area contributed by atoms with Crippen molar-refractivity contribution in [1.29, 1.82) is 0 Å². The molecule has 2 amide bonds. The molecule has 3 rings (SSSR count). The number of halogens is 1. The van der Waals surface area contributed by atoms with Gasteiger partial charge >= 0.3 is 6.03 Å². The maximum Gasteiger partial charge on any atom is 0.321 e. The zero-order valence-corrected chi connectivity index (χ0v) is 13.1. The van der Waals surface area contributed by atoms with Gasteiger partial charge < -0.3 is 20.1 Å². The van der Waals surface area contributed by atoms with Crippen molar-refractivity contribution in [3.05, 3.63) is 59.9 Å². The van der Waals surface area contributed by atoms with E-state index in [9.17, 15) is 14.3 Å². The quantitative estimate of drug-likeness (QED) is 0.906. The van der Waals surface area contributed by atoms with Gasteiger partial charge in [0.25, 0.3) is 0 Å². The van der Waals surface area contributed by atoms with Crippen LogP contribution in [0.4, 0.5) is 14.9 Å². The number of likely N-dealkylation sites (tertiary alicyclic amines) is 1. The number of urea groups is 1. The van der Waals surface area contributed by atoms with Crippen LogP contribution in [-0.4, -0.2) is 35.2 Å². The van der Waals surface area contributed by atoms with E-state index in [0.29, 0.717) is 30.9 Å². The fourth-order valence-electron chi connectivity index (χ4n) is 2.59. The number of rotatable bonds is 4. The summed E-state index contributed by atoms with van der Waals surface area (Å²) in [6.07, 6.45) is 0.154. The number of nitrogens with one attached hydrogen (secondary N) is 1. The number of carbonyl (C=O) groups excluding carboxylic acids is 1. The largest absolute Gasteiger partial charge is 0.489 e. The number of anilines is 1. The maximum absolute atomic E-state index is 13.2. The molecule has 1 fully saturated rings. The number of aliphatic hydroxyl groups excluding tert-OH is 1. The summed E-state index contributed by atoms with van der Waals surface area (Å²) < 4.78 is 18.8. The Morgan fingerprint density at radius 3 is 2.88 bits per heavy atom. The van der Waals surface area contributed by atoms with Gasteiger partial charge in [-0.2, -0.15) is 0 Å². The zero-order valence-electron chi connectivity index (χ0n) is 13.1. The number of benzene rings is 2. The van der Waals surface area contributed by atoms with Crippen LogP contribution < -0.4 is 10.1 Å². The fourth-order valence-corrected chi connectivity index (χ4v) is 2.59. The number of amides is 2. The molecule has 1 aliphatic rings. The van der Waals surface area contributed by atoms with E-state index in [-0.39, 0.29) is 18.5 Å². The van der Waals surface area contributed by atoms with E-state index in [1.165, 1.54) is 12.1 Å². The Morgan fingerprint density at radius 2 is 2.12 bits per heavy atom. The lowest BCUT2D eigenvalue weighted by atomic mass is 10.2. The van der Waals surface area contributed by atoms with E-state index < -0.39 is 6.10 Å². The summed E-state index contributed by atoms with van der Waals surface area (Å²) in [7, 11) is 0. The van der Waals surface area contributed by atoms with E-state index in [0.717, 1.165) is 5.56 Å². The average Bonchev–Trinajstić information content (AvgIpc) is 3.00. The minimum Gasteiger partial charge on any atom is -0.489 e. The molecule has 0 unspecified atom stereocenters. The number of hydrogen-bond donors (Lipinski definition) is 2. The van der Waals surface area contributed by atoms with Crippen LogP contribution in [0.1, 0.15) is 12.0 Å². The molecule has 1 saturated heterocycles. The van der Waals surface area contributed by atoms with Crippen LogP contribution in [0.5, 0.6) is 5.75 Å². The van der Waals surface area contributed by atoms with Crippen molar-refractivity contribution in [3.8, 4) is 5.75 Å². The molecule has 24 heavy (non-hydrogen) atoms. The Morgan fingerprint density at radius 1 is 1.29 bits per heavy atom. The van der Waals surface area contributed by atoms with Crippen molar-refractivity contribution >= 4 is 11.7 Å². The smallest absolute Gasteiger partial charge is 0.321 e. The normalized spacial score (nSPS) is 16.9. The molecule has 2 N–H and O–H groups in total. The van der Waals surface area contributed by atoms with Gasteiger partial charge in [-0.25, -0.2) is 9.18 Å². The van der Waals surface area contributed by atoms with Gasteiger partial charge in [0.05, 0.1) is 6.10 Å². The van der Waals surface area contributed by atoms with Crippen molar-refractivity contribution in [1.82, 2.24) is 4.90 Å². The highest BCUT2D eigenvalue weighted by atomic mass is 19.1. The highest BCUT2D eigenvalue weighted by molar-refractivity contribution is 5.89. The third-order valence-corrected chi connectivity index (χ3v) is 3.83. The molecular formula is C18H19FN2O3. The SMILES string of the molecule is O=C(Nc1cccc(OCc2cccc(F)c2)c1)N1CC[C@@H](O)C1. The number of carbonyl (C=O) groups is 1. The fraction of sp³-hybridized carbons (Fsp3) is 0.278. The van der Waals surface area contributed by atoms with Crippen molar-refractivity contribution in [2.75, 3.05) is 18.4 Å². The molecule has 0 bridgehead atoms. The van der Waals surface area contributed by atoms with Crippen LogP contribution >= 0.6 is 0 Å². The van der Waals surface area contributed by atoms with E-state index in [4.69, 9.17) is 4.74 Å². The average molecular weight is 330 g/mol. The molecule has 1 aliphatic heterocycles. The van der Waals surface area contributed by atoms with Gasteiger partial charge in [0, 0.05) is 24.8 Å². The van der Waals surface area contributed by atoms with E-state index in [1.807, 2.05) is 0 Å². The van der Waals surface area contributed by atoms with Crippen molar-refractivity contribution in [2.45, 2.75) is 19.1 Å². The summed E-state index contributed by atoms with van der Waals surface area (Å²) in [5.74, 6) is 0.281. The molecular weight excluding hydrogens is 311 g/mol. The maximum atomic E-state index is 13.2. The molecule has 0 radical (unpaired) electrons. The topological polar surface area (TPSA) is 61.8 Å². The molecule has 0 aliphatic carbocycles. The van der Waals surface area contributed by atoms with Crippen molar-refractivity contribution < 1.29 is 19.0 Å². The van der Waals surface area contributed by atoms with E-state index in [1.54, 1.807) is 41.3 Å². The van der Waals surface area contributed by atoms with Crippen LogP contribution in [0.15, 0.2) is 48.5 Å². The van der Waals surface area contributed by atoms with Crippen molar-refractivity contribution in [3.63, 3.8) is 0 Å². The first-order valence-electron chi connectivity index (χ1n) is 7.81. The van der Waals surface area contributed by atoms with Gasteiger partial charge in [-0.3, -0.25) is 0 Å². The highest BCUT2D eigenvalue weighted by Crippen LogP contribution is 2.20. The minimum atomic E-state index is -0.448. The lowest BCUT2D eigenvalue weighted by molar-refractivity contribution is 0.176. The van der Waals surface area contributed by atoms with Crippen LogP contribution in [0, 0.1) is 5.82 Å². The minimum absolute atomic E-state index is 0.242. The van der Waals surface area contributed by atoms with Crippen LogP contribution in [-0.2, 0) is 6.61 Å². The highest BCUT2D eigenvalue weighted by Gasteiger charge is 2.24. The van der Waals surface area contributed by atoms with Crippen LogP contribution in [0.25, 0.3) is 0 Å². The molecule has 1 atom stereocenters. The summed E-state index contributed by atoms with van der Waals surface area (Å²) in [5, 5.41) is 12.3. The van der Waals surface area contributed by atoms with Gasteiger partial charge in [-0.15, -0.1) is 0 Å². The third kappa shape index (κ3) is 4.23. The Bertz CT molecular complexity index is 723. The lowest BCUT2D eigenvalue weighted by Crippen LogP contribution is -2.33. The second-order valence-corrected chi connectivity index (χ2v) is 5.77. The second kappa shape index (κ2) is 7.31. The first-order valence-corrected chi connectivity index (χ1v) is 7.81. The molecule has 126 valence electrons. The molecule has 5 nitrogen and oxygen atoms in total. The van der Waals surface area contributed by atoms with Crippen molar-refractivity contribution in [2.24, 2.45) is 0 Å². The molecule has 0 aromatic heterocycles. The Kier molecular flexibility index (Phi) is 4.96. The molecule has 0 saturated carbocycles. The molecule has 2 aromatic rings. The lowest BCUT2D eigenvalue weighted by Gasteiger charge is -2.17. The van der Waals surface area contributed by atoms with Gasteiger partial charge in [-0.1, -0.05) is 18.2 Å². The van der Waals surface area contributed by atoms with Crippen LogP contribution in [0.2, 0.25) is 0 Å². The van der Waals surface area contributed by atoms with Gasteiger partial charge in [0.15, 0.2) is 0 Å². The van der Waals surface area contributed by atoms with Gasteiger partial charge in [-0.05, 0) is 36.2 Å². The molecule has 2 aromatic carbocycles. The number of hydrogen-bond acceptors (Lipinski definition) is 3. The Balaban J connectivity index is 1.58. The standard InChI is InChI=1S/C18H19FN2O3/c19-14-4-1-3-13(9-14)12-24-17-6-2-5-15(10-17)20-18(23)21-8-7-16(22)11-21/h1-6,9-10,16,22H,7-8,11-12H2,(H,20,23)/t16-/m1/s1. The summed E-state index contributed by atoms with van der Waals surface area (Å²) in [6, 6.07) is 13.0. The molecule has 1 heterocycles. The monoisotopic (exact) mass is 330 g/mol. The first-order chi connectivity index (χ1) is 11.6. The Labute approximate surface area is 139 Å². The summed E-state index contributed by atoms with van der Waals surface area (Å²) >= 11 is 0. The van der Waals surface area contributed by atoms with E-state index in [2.05, 4.69) is 5.32 Å². The predicted molar refractivity (Wildman–Crippen MR) is 88.4 cm³/mol. The number of ether oxygens (including phenoxy) is 1. The molecule has 6 heteroatoms. The predicted octanol–water partition coefficient (Wildman–Crippen LogP) is 3.00. The number of aliphatic hydroxyl groups is 1. The summed E-state index contributed by atoms with van der Waals surface area (Å²) in [4.78, 5) is 13.7. The van der Waals surface area contributed by atoms with Gasteiger partial charge in [0.2, 0.25) is 0 Å². The van der Waals surface area contributed by atoms with E-state index >= 15 is 0 Å². The summed E-state index contributed by atoms with van der Waals surface area (Å²) in [6.45, 7) is 1.14. The second-order valence-electron chi connectivity index (χ2n) is 5.77. The number of nitrogens with zero attached hydrogens (tertiary/aromatic N) is 1. The molecule has 0 spiro atoms. The zero-order chi connectivity index (χ0) is 16.9. The first kappa shape index (κ1) is 16.3. The van der Waals surface area contributed by atoms with Gasteiger partial charge in [0.1, 0.15) is 18.2 Å².